The summed E-state index contributed by atoms with van der Waals surface area (Å²) in [7, 11) is 0. The number of amides is 1. The maximum Gasteiger partial charge on any atom is 0.333 e. The van der Waals surface area contributed by atoms with E-state index in [4.69, 9.17) is 10.5 Å². The van der Waals surface area contributed by atoms with Crippen molar-refractivity contribution in [2.45, 2.75) is 12.6 Å². The summed E-state index contributed by atoms with van der Waals surface area (Å²) in [5, 5.41) is 2.55. The summed E-state index contributed by atoms with van der Waals surface area (Å²) in [6, 6.07) is 22.8. The molecule has 3 rings (SSSR count). The summed E-state index contributed by atoms with van der Waals surface area (Å²) in [6.07, 6.45) is 0. The molecule has 29 heavy (non-hydrogen) atoms. The number of carbonyl (C=O) groups is 3. The van der Waals surface area contributed by atoms with Gasteiger partial charge in [0.05, 0.1) is 5.69 Å². The molecule has 0 aromatic heterocycles. The first kappa shape index (κ1) is 20.0. The number of hydrogen-bond donors (Lipinski definition) is 2. The van der Waals surface area contributed by atoms with E-state index in [1.54, 1.807) is 60.7 Å². The first-order chi connectivity index (χ1) is 14.1. The van der Waals surface area contributed by atoms with Gasteiger partial charge in [0.15, 0.2) is 11.8 Å². The van der Waals surface area contributed by atoms with Crippen LogP contribution in [0.5, 0.6) is 0 Å². The maximum absolute atomic E-state index is 12.7. The third-order valence-corrected chi connectivity index (χ3v) is 4.23. The number of nitrogens with two attached hydrogens (primary N) is 1. The second-order valence-corrected chi connectivity index (χ2v) is 6.30. The molecule has 0 radical (unpaired) electrons. The van der Waals surface area contributed by atoms with Gasteiger partial charge >= 0.3 is 5.97 Å². The van der Waals surface area contributed by atoms with Gasteiger partial charge in [0.1, 0.15) is 6.61 Å². The number of carbonyl (C=O) groups excluding carboxylic acids is 3. The standard InChI is InChI=1S/C23H20N2O4/c24-20(23(28)29-15-16-9-3-1-4-10-16)22(27)25-19-14-8-7-13-18(19)21(26)17-11-5-2-6-12-17/h1-14,20H,15,24H2,(H,25,27). The Balaban J connectivity index is 1.67. The number of anilines is 1. The summed E-state index contributed by atoms with van der Waals surface area (Å²) in [6.45, 7) is 0.0176. The lowest BCUT2D eigenvalue weighted by Gasteiger charge is -2.14. The van der Waals surface area contributed by atoms with Gasteiger partial charge in [-0.1, -0.05) is 72.8 Å². The minimum atomic E-state index is -1.52. The quantitative estimate of drug-likeness (QED) is 0.368. The predicted molar refractivity (Wildman–Crippen MR) is 109 cm³/mol. The lowest BCUT2D eigenvalue weighted by atomic mass is 10.0. The second kappa shape index (κ2) is 9.43. The van der Waals surface area contributed by atoms with Crippen LogP contribution in [-0.4, -0.2) is 23.7 Å². The largest absolute Gasteiger partial charge is 0.459 e. The van der Waals surface area contributed by atoms with Crippen LogP contribution in [0, 0.1) is 0 Å². The molecule has 0 aliphatic rings. The molecule has 1 atom stereocenters. The predicted octanol–water partition coefficient (Wildman–Crippen LogP) is 2.93. The van der Waals surface area contributed by atoms with Crippen molar-refractivity contribution in [2.75, 3.05) is 5.32 Å². The van der Waals surface area contributed by atoms with Gasteiger partial charge in [-0.15, -0.1) is 0 Å². The second-order valence-electron chi connectivity index (χ2n) is 6.30. The number of benzene rings is 3. The molecule has 0 heterocycles. The van der Waals surface area contributed by atoms with E-state index in [-0.39, 0.29) is 18.1 Å². The maximum atomic E-state index is 12.7. The van der Waals surface area contributed by atoms with Crippen LogP contribution in [0.4, 0.5) is 5.69 Å². The number of rotatable bonds is 7. The molecular formula is C23H20N2O4. The number of para-hydroxylation sites is 1. The van der Waals surface area contributed by atoms with Gasteiger partial charge in [0.25, 0.3) is 5.91 Å². The van der Waals surface area contributed by atoms with Crippen molar-refractivity contribution in [1.29, 1.82) is 0 Å². The Kier molecular flexibility index (Phi) is 6.50. The fourth-order valence-corrected chi connectivity index (χ4v) is 2.67. The third-order valence-electron chi connectivity index (χ3n) is 4.23. The number of ketones is 1. The minimum absolute atomic E-state index is 0.0176. The Morgan fingerprint density at radius 3 is 2.10 bits per heavy atom. The monoisotopic (exact) mass is 388 g/mol. The first-order valence-electron chi connectivity index (χ1n) is 9.02. The Hall–Kier alpha value is -3.77. The van der Waals surface area contributed by atoms with Crippen molar-refractivity contribution in [3.63, 3.8) is 0 Å². The SMILES string of the molecule is NC(C(=O)Nc1ccccc1C(=O)c1ccccc1)C(=O)OCc1ccccc1. The Bertz CT molecular complexity index is 1000. The smallest absolute Gasteiger partial charge is 0.333 e. The molecule has 3 N–H and O–H groups in total. The number of ether oxygens (including phenoxy) is 1. The molecule has 0 aliphatic carbocycles. The van der Waals surface area contributed by atoms with Gasteiger partial charge in [-0.25, -0.2) is 4.79 Å². The molecule has 0 bridgehead atoms. The van der Waals surface area contributed by atoms with E-state index in [9.17, 15) is 14.4 Å². The van der Waals surface area contributed by atoms with Gasteiger partial charge in [0.2, 0.25) is 0 Å². The fraction of sp³-hybridized carbons (Fsp3) is 0.0870. The molecule has 0 saturated carbocycles. The van der Waals surface area contributed by atoms with E-state index in [0.717, 1.165) is 5.56 Å². The highest BCUT2D eigenvalue weighted by atomic mass is 16.5. The molecule has 6 heteroatoms. The molecule has 1 unspecified atom stereocenters. The summed E-state index contributed by atoms with van der Waals surface area (Å²) >= 11 is 0. The van der Waals surface area contributed by atoms with Crippen molar-refractivity contribution in [2.24, 2.45) is 5.73 Å². The molecule has 0 fully saturated rings. The highest BCUT2D eigenvalue weighted by Gasteiger charge is 2.25. The van der Waals surface area contributed by atoms with Crippen LogP contribution in [0.3, 0.4) is 0 Å². The van der Waals surface area contributed by atoms with Gasteiger partial charge in [-0.05, 0) is 17.7 Å². The van der Waals surface area contributed by atoms with Crippen LogP contribution in [0.25, 0.3) is 0 Å². The minimum Gasteiger partial charge on any atom is -0.459 e. The Morgan fingerprint density at radius 1 is 0.828 bits per heavy atom. The van der Waals surface area contributed by atoms with Crippen LogP contribution in [-0.2, 0) is 20.9 Å². The van der Waals surface area contributed by atoms with E-state index < -0.39 is 17.9 Å². The molecule has 146 valence electrons. The zero-order chi connectivity index (χ0) is 20.6. The molecule has 3 aromatic rings. The van der Waals surface area contributed by atoms with Gasteiger partial charge in [-0.2, -0.15) is 0 Å². The molecular weight excluding hydrogens is 368 g/mol. The average molecular weight is 388 g/mol. The normalized spacial score (nSPS) is 11.3. The van der Waals surface area contributed by atoms with Gasteiger partial charge in [0, 0.05) is 11.1 Å². The van der Waals surface area contributed by atoms with Gasteiger partial charge < -0.3 is 15.8 Å². The topological polar surface area (TPSA) is 98.5 Å². The van der Waals surface area contributed by atoms with Crippen LogP contribution >= 0.6 is 0 Å². The van der Waals surface area contributed by atoms with Crippen molar-refractivity contribution in [3.8, 4) is 0 Å². The molecule has 0 saturated heterocycles. The number of esters is 1. The van der Waals surface area contributed by atoms with Crippen molar-refractivity contribution >= 4 is 23.3 Å². The van der Waals surface area contributed by atoms with E-state index in [1.807, 2.05) is 24.3 Å². The van der Waals surface area contributed by atoms with Crippen molar-refractivity contribution in [1.82, 2.24) is 0 Å². The lowest BCUT2D eigenvalue weighted by molar-refractivity contribution is -0.148. The van der Waals surface area contributed by atoms with Gasteiger partial charge in [-0.3, -0.25) is 9.59 Å². The number of hydrogen-bond acceptors (Lipinski definition) is 5. The zero-order valence-corrected chi connectivity index (χ0v) is 15.6. The summed E-state index contributed by atoms with van der Waals surface area (Å²) in [5.74, 6) is -1.85. The first-order valence-corrected chi connectivity index (χ1v) is 9.02. The highest BCUT2D eigenvalue weighted by molar-refractivity contribution is 6.15. The van der Waals surface area contributed by atoms with Crippen LogP contribution < -0.4 is 11.1 Å². The summed E-state index contributed by atoms with van der Waals surface area (Å²) in [5.41, 5.74) is 7.59. The number of nitrogens with one attached hydrogen (secondary N) is 1. The van der Waals surface area contributed by atoms with E-state index in [1.165, 1.54) is 0 Å². The molecule has 3 aromatic carbocycles. The summed E-state index contributed by atoms with van der Waals surface area (Å²) in [4.78, 5) is 37.3. The zero-order valence-electron chi connectivity index (χ0n) is 15.6. The van der Waals surface area contributed by atoms with Crippen molar-refractivity contribution < 1.29 is 19.1 Å². The summed E-state index contributed by atoms with van der Waals surface area (Å²) < 4.78 is 5.10. The lowest BCUT2D eigenvalue weighted by Crippen LogP contribution is -2.43. The fourth-order valence-electron chi connectivity index (χ4n) is 2.67. The van der Waals surface area contributed by atoms with E-state index in [2.05, 4.69) is 5.32 Å². The van der Waals surface area contributed by atoms with Crippen LogP contribution in [0.15, 0.2) is 84.9 Å². The molecule has 1 amide bonds. The highest BCUT2D eigenvalue weighted by Crippen LogP contribution is 2.19. The molecule has 0 aliphatic heterocycles. The van der Waals surface area contributed by atoms with Crippen molar-refractivity contribution in [3.05, 3.63) is 102 Å². The van der Waals surface area contributed by atoms with E-state index in [0.29, 0.717) is 11.1 Å². The molecule has 0 spiro atoms. The Labute approximate surface area is 168 Å². The van der Waals surface area contributed by atoms with Crippen LogP contribution in [0.2, 0.25) is 0 Å². The Morgan fingerprint density at radius 2 is 1.41 bits per heavy atom. The van der Waals surface area contributed by atoms with E-state index >= 15 is 0 Å². The average Bonchev–Trinajstić information content (AvgIpc) is 2.78. The molecule has 6 nitrogen and oxygen atoms in total. The third kappa shape index (κ3) is 5.15. The van der Waals surface area contributed by atoms with Crippen LogP contribution in [0.1, 0.15) is 21.5 Å².